The molecule has 0 aromatic heterocycles. The highest BCUT2D eigenvalue weighted by Crippen LogP contribution is 2.26. The van der Waals surface area contributed by atoms with Crippen LogP contribution in [0.3, 0.4) is 0 Å². The summed E-state index contributed by atoms with van der Waals surface area (Å²) in [6, 6.07) is 0.748. The first-order valence-electron chi connectivity index (χ1n) is 7.02. The van der Waals surface area contributed by atoms with E-state index in [-0.39, 0.29) is 0 Å². The second-order valence-electron chi connectivity index (χ2n) is 6.47. The number of rotatable bonds is 4. The van der Waals surface area contributed by atoms with Gasteiger partial charge in [0.2, 0.25) is 0 Å². The Morgan fingerprint density at radius 2 is 1.75 bits per heavy atom. The lowest BCUT2D eigenvalue weighted by Crippen LogP contribution is -2.53. The summed E-state index contributed by atoms with van der Waals surface area (Å²) in [5, 5.41) is 0. The van der Waals surface area contributed by atoms with Gasteiger partial charge >= 0.3 is 0 Å². The molecule has 2 nitrogen and oxygen atoms in total. The van der Waals surface area contributed by atoms with Gasteiger partial charge in [-0.3, -0.25) is 0 Å². The van der Waals surface area contributed by atoms with Crippen molar-refractivity contribution in [2.75, 3.05) is 32.7 Å². The van der Waals surface area contributed by atoms with Crippen LogP contribution < -0.4 is 0 Å². The zero-order valence-corrected chi connectivity index (χ0v) is 11.4. The molecule has 0 amide bonds. The molecule has 16 heavy (non-hydrogen) atoms. The van der Waals surface area contributed by atoms with Crippen LogP contribution in [0.25, 0.3) is 0 Å². The molecule has 2 aliphatic rings. The van der Waals surface area contributed by atoms with Gasteiger partial charge in [0, 0.05) is 32.2 Å². The first-order valence-corrected chi connectivity index (χ1v) is 7.02. The minimum absolute atomic E-state index is 0.748. The Bertz CT molecular complexity index is 219. The van der Waals surface area contributed by atoms with Crippen molar-refractivity contribution in [3.05, 3.63) is 0 Å². The van der Waals surface area contributed by atoms with E-state index in [9.17, 15) is 0 Å². The van der Waals surface area contributed by atoms with Gasteiger partial charge in [-0.25, -0.2) is 0 Å². The van der Waals surface area contributed by atoms with Gasteiger partial charge in [-0.1, -0.05) is 13.8 Å². The molecule has 0 N–H and O–H groups in total. The standard InChI is InChI=1S/C14H28N2/c1-11(2)14-5-6-15(10-14)7-13-8-16(9-13)12(3)4/h11-14H,5-10H2,1-4H3. The van der Waals surface area contributed by atoms with Gasteiger partial charge in [0.05, 0.1) is 0 Å². The highest BCUT2D eigenvalue weighted by atomic mass is 15.2. The lowest BCUT2D eigenvalue weighted by Gasteiger charge is -2.43. The molecule has 2 aliphatic heterocycles. The molecular weight excluding hydrogens is 196 g/mol. The molecule has 2 heterocycles. The van der Waals surface area contributed by atoms with Crippen LogP contribution in [0, 0.1) is 17.8 Å². The SMILES string of the molecule is CC(C)C1CCN(CC2CN(C(C)C)C2)C1. The van der Waals surface area contributed by atoms with E-state index in [0.717, 1.165) is 23.8 Å². The van der Waals surface area contributed by atoms with Gasteiger partial charge in [-0.05, 0) is 44.6 Å². The minimum atomic E-state index is 0.748. The molecule has 2 heteroatoms. The third kappa shape index (κ3) is 2.78. The van der Waals surface area contributed by atoms with Crippen molar-refractivity contribution in [3.8, 4) is 0 Å². The molecule has 94 valence electrons. The molecule has 0 aliphatic carbocycles. The van der Waals surface area contributed by atoms with E-state index in [4.69, 9.17) is 0 Å². The predicted molar refractivity (Wildman–Crippen MR) is 69.6 cm³/mol. The maximum absolute atomic E-state index is 2.70. The van der Waals surface area contributed by atoms with Crippen LogP contribution in [0.1, 0.15) is 34.1 Å². The summed E-state index contributed by atoms with van der Waals surface area (Å²) in [7, 11) is 0. The van der Waals surface area contributed by atoms with Crippen LogP contribution in [-0.2, 0) is 0 Å². The smallest absolute Gasteiger partial charge is 0.00388 e. The lowest BCUT2D eigenvalue weighted by atomic mass is 9.95. The zero-order chi connectivity index (χ0) is 11.7. The van der Waals surface area contributed by atoms with Gasteiger partial charge in [0.1, 0.15) is 0 Å². The number of hydrogen-bond donors (Lipinski definition) is 0. The molecule has 0 aromatic carbocycles. The molecular formula is C14H28N2. The fourth-order valence-corrected chi connectivity index (χ4v) is 3.08. The van der Waals surface area contributed by atoms with Gasteiger partial charge in [-0.15, -0.1) is 0 Å². The van der Waals surface area contributed by atoms with Crippen molar-refractivity contribution in [1.82, 2.24) is 9.80 Å². The van der Waals surface area contributed by atoms with Crippen molar-refractivity contribution in [1.29, 1.82) is 0 Å². The van der Waals surface area contributed by atoms with Crippen LogP contribution >= 0.6 is 0 Å². The summed E-state index contributed by atoms with van der Waals surface area (Å²) >= 11 is 0. The highest BCUT2D eigenvalue weighted by molar-refractivity contribution is 4.87. The van der Waals surface area contributed by atoms with Crippen LogP contribution in [0.15, 0.2) is 0 Å². The van der Waals surface area contributed by atoms with E-state index in [1.807, 2.05) is 0 Å². The van der Waals surface area contributed by atoms with E-state index in [1.165, 1.54) is 39.1 Å². The van der Waals surface area contributed by atoms with E-state index in [1.54, 1.807) is 0 Å². The predicted octanol–water partition coefficient (Wildman–Crippen LogP) is 2.30. The molecule has 1 unspecified atom stereocenters. The molecule has 2 fully saturated rings. The highest BCUT2D eigenvalue weighted by Gasteiger charge is 2.32. The third-order valence-corrected chi connectivity index (χ3v) is 4.48. The summed E-state index contributed by atoms with van der Waals surface area (Å²) in [5.74, 6) is 2.79. The zero-order valence-electron chi connectivity index (χ0n) is 11.4. The van der Waals surface area contributed by atoms with Crippen molar-refractivity contribution in [2.45, 2.75) is 40.2 Å². The van der Waals surface area contributed by atoms with Gasteiger partial charge in [0.15, 0.2) is 0 Å². The Balaban J connectivity index is 1.66. The lowest BCUT2D eigenvalue weighted by molar-refractivity contribution is 0.0461. The summed E-state index contributed by atoms with van der Waals surface area (Å²) in [4.78, 5) is 5.29. The third-order valence-electron chi connectivity index (χ3n) is 4.48. The Labute approximate surface area is 101 Å². The molecule has 0 bridgehead atoms. The van der Waals surface area contributed by atoms with Crippen LogP contribution in [0.2, 0.25) is 0 Å². The first kappa shape index (κ1) is 12.4. The topological polar surface area (TPSA) is 6.48 Å². The Morgan fingerprint density at radius 1 is 1.06 bits per heavy atom. The number of nitrogens with zero attached hydrogens (tertiary/aromatic N) is 2. The molecule has 1 atom stereocenters. The average molecular weight is 224 g/mol. The fraction of sp³-hybridized carbons (Fsp3) is 1.00. The second-order valence-corrected chi connectivity index (χ2v) is 6.47. The maximum Gasteiger partial charge on any atom is 0.00388 e. The van der Waals surface area contributed by atoms with Gasteiger partial charge in [0.25, 0.3) is 0 Å². The summed E-state index contributed by atoms with van der Waals surface area (Å²) in [6.45, 7) is 16.1. The average Bonchev–Trinajstić information content (AvgIpc) is 2.58. The second kappa shape index (κ2) is 5.05. The monoisotopic (exact) mass is 224 g/mol. The Morgan fingerprint density at radius 3 is 2.25 bits per heavy atom. The molecule has 0 aromatic rings. The fourth-order valence-electron chi connectivity index (χ4n) is 3.08. The molecule has 2 saturated heterocycles. The quantitative estimate of drug-likeness (QED) is 0.723. The number of hydrogen-bond acceptors (Lipinski definition) is 2. The van der Waals surface area contributed by atoms with E-state index >= 15 is 0 Å². The van der Waals surface area contributed by atoms with Gasteiger partial charge < -0.3 is 9.80 Å². The summed E-state index contributed by atoms with van der Waals surface area (Å²) in [5.41, 5.74) is 0. The Kier molecular flexibility index (Phi) is 3.91. The van der Waals surface area contributed by atoms with Crippen molar-refractivity contribution in [3.63, 3.8) is 0 Å². The van der Waals surface area contributed by atoms with Gasteiger partial charge in [-0.2, -0.15) is 0 Å². The number of likely N-dealkylation sites (tertiary alicyclic amines) is 2. The van der Waals surface area contributed by atoms with E-state index < -0.39 is 0 Å². The van der Waals surface area contributed by atoms with Crippen LogP contribution in [0.5, 0.6) is 0 Å². The minimum Gasteiger partial charge on any atom is -0.303 e. The molecule has 0 saturated carbocycles. The largest absolute Gasteiger partial charge is 0.303 e. The van der Waals surface area contributed by atoms with Crippen molar-refractivity contribution in [2.24, 2.45) is 17.8 Å². The van der Waals surface area contributed by atoms with Crippen molar-refractivity contribution < 1.29 is 0 Å². The van der Waals surface area contributed by atoms with E-state index in [2.05, 4.69) is 37.5 Å². The normalized spacial score (nSPS) is 29.2. The summed E-state index contributed by atoms with van der Waals surface area (Å²) < 4.78 is 0. The first-order chi connectivity index (χ1) is 7.56. The Hall–Kier alpha value is -0.0800. The maximum atomic E-state index is 2.70. The van der Waals surface area contributed by atoms with Crippen molar-refractivity contribution >= 4 is 0 Å². The molecule has 2 rings (SSSR count). The van der Waals surface area contributed by atoms with Crippen LogP contribution in [0.4, 0.5) is 0 Å². The summed E-state index contributed by atoms with van der Waals surface area (Å²) in [6.07, 6.45) is 1.43. The van der Waals surface area contributed by atoms with Crippen LogP contribution in [-0.4, -0.2) is 48.6 Å². The molecule has 0 radical (unpaired) electrons. The van der Waals surface area contributed by atoms with E-state index in [0.29, 0.717) is 0 Å². The molecule has 0 spiro atoms.